The molecule has 1 saturated heterocycles. The second-order valence-corrected chi connectivity index (χ2v) is 9.72. The van der Waals surface area contributed by atoms with Crippen LogP contribution in [0.1, 0.15) is 35.8 Å². The molecule has 2 aromatic heterocycles. The average Bonchev–Trinajstić information content (AvgIpc) is 3.30. The highest BCUT2D eigenvalue weighted by atomic mass is 32.1. The number of aryl methyl sites for hydroxylation is 1. The predicted molar refractivity (Wildman–Crippen MR) is 135 cm³/mol. The summed E-state index contributed by atoms with van der Waals surface area (Å²) in [4.78, 5) is 13.6. The third kappa shape index (κ3) is 4.26. The number of anilines is 1. The van der Waals surface area contributed by atoms with Crippen LogP contribution in [0.5, 0.6) is 0 Å². The minimum absolute atomic E-state index is 0.271. The average molecular weight is 457 g/mol. The van der Waals surface area contributed by atoms with Crippen LogP contribution in [0.3, 0.4) is 0 Å². The van der Waals surface area contributed by atoms with Gasteiger partial charge in [-0.3, -0.25) is 4.90 Å². The van der Waals surface area contributed by atoms with E-state index in [-0.39, 0.29) is 6.04 Å². The minimum Gasteiger partial charge on any atom is -0.379 e. The van der Waals surface area contributed by atoms with E-state index >= 15 is 0 Å². The summed E-state index contributed by atoms with van der Waals surface area (Å²) in [5.41, 5.74) is 5.27. The van der Waals surface area contributed by atoms with Crippen molar-refractivity contribution in [1.82, 2.24) is 14.9 Å². The van der Waals surface area contributed by atoms with Gasteiger partial charge in [0.25, 0.3) is 0 Å². The van der Waals surface area contributed by atoms with Crippen LogP contribution in [0.15, 0.2) is 60.0 Å². The topological polar surface area (TPSA) is 50.3 Å². The Hall–Kier alpha value is -2.80. The molecule has 1 aliphatic heterocycles. The Labute approximate surface area is 198 Å². The Bertz CT molecular complexity index is 1250. The minimum atomic E-state index is 0.271. The summed E-state index contributed by atoms with van der Waals surface area (Å²) in [5, 5.41) is 7.23. The normalized spacial score (nSPS) is 18.8. The molecule has 4 aromatic rings. The van der Waals surface area contributed by atoms with Gasteiger partial charge in [0.1, 0.15) is 16.5 Å². The molecule has 0 saturated carbocycles. The van der Waals surface area contributed by atoms with Gasteiger partial charge in [-0.25, -0.2) is 9.97 Å². The maximum absolute atomic E-state index is 5.52. The van der Waals surface area contributed by atoms with Gasteiger partial charge in [-0.2, -0.15) is 0 Å². The molecule has 5 nitrogen and oxygen atoms in total. The van der Waals surface area contributed by atoms with Crippen LogP contribution >= 0.6 is 11.3 Å². The number of aromatic nitrogens is 2. The van der Waals surface area contributed by atoms with Crippen LogP contribution < -0.4 is 5.32 Å². The second-order valence-electron chi connectivity index (χ2n) is 8.86. The van der Waals surface area contributed by atoms with E-state index < -0.39 is 0 Å². The lowest BCUT2D eigenvalue weighted by Gasteiger charge is -2.28. The largest absolute Gasteiger partial charge is 0.379 e. The molecule has 1 fully saturated rings. The van der Waals surface area contributed by atoms with Crippen LogP contribution in [-0.4, -0.2) is 41.2 Å². The molecule has 2 aromatic carbocycles. The van der Waals surface area contributed by atoms with Gasteiger partial charge in [0, 0.05) is 24.0 Å². The van der Waals surface area contributed by atoms with Crippen LogP contribution in [0.2, 0.25) is 0 Å². The molecular weight excluding hydrogens is 428 g/mol. The first-order valence-corrected chi connectivity index (χ1v) is 12.7. The van der Waals surface area contributed by atoms with Gasteiger partial charge in [-0.05, 0) is 36.0 Å². The third-order valence-electron chi connectivity index (χ3n) is 6.71. The van der Waals surface area contributed by atoms with Gasteiger partial charge in [-0.15, -0.1) is 11.3 Å². The summed E-state index contributed by atoms with van der Waals surface area (Å²) < 4.78 is 5.52. The number of hydrogen-bond donors (Lipinski definition) is 1. The number of thiophene rings is 1. The van der Waals surface area contributed by atoms with Crippen molar-refractivity contribution in [3.8, 4) is 11.1 Å². The highest BCUT2D eigenvalue weighted by Crippen LogP contribution is 2.40. The first-order valence-electron chi connectivity index (χ1n) is 11.8. The molecule has 0 amide bonds. The molecule has 0 spiro atoms. The zero-order valence-corrected chi connectivity index (χ0v) is 19.5. The van der Waals surface area contributed by atoms with Crippen molar-refractivity contribution in [3.05, 3.63) is 76.9 Å². The highest BCUT2D eigenvalue weighted by Gasteiger charge is 2.23. The highest BCUT2D eigenvalue weighted by molar-refractivity contribution is 7.17. The number of morpholine rings is 1. The molecule has 33 heavy (non-hydrogen) atoms. The molecular formula is C27H28N4OS. The molecule has 1 atom stereocenters. The maximum atomic E-state index is 5.52. The monoisotopic (exact) mass is 456 g/mol. The summed E-state index contributed by atoms with van der Waals surface area (Å²) in [5.74, 6) is 1.85. The van der Waals surface area contributed by atoms with Gasteiger partial charge in [-0.1, -0.05) is 54.6 Å². The Balaban J connectivity index is 1.42. The SMILES string of the molecule is c1ccc(-c2csc3nc(CN4CCOCC4)nc(NC4CCCc5ccccc54)c23)cc1. The van der Waals surface area contributed by atoms with E-state index in [1.165, 1.54) is 28.7 Å². The van der Waals surface area contributed by atoms with Crippen molar-refractivity contribution in [2.45, 2.75) is 31.8 Å². The van der Waals surface area contributed by atoms with Crippen molar-refractivity contribution >= 4 is 27.4 Å². The lowest BCUT2D eigenvalue weighted by Crippen LogP contribution is -2.36. The van der Waals surface area contributed by atoms with Crippen LogP contribution in [0.25, 0.3) is 21.3 Å². The summed E-state index contributed by atoms with van der Waals surface area (Å²) in [6.07, 6.45) is 3.47. The van der Waals surface area contributed by atoms with Gasteiger partial charge >= 0.3 is 0 Å². The van der Waals surface area contributed by atoms with E-state index in [4.69, 9.17) is 14.7 Å². The van der Waals surface area contributed by atoms with Crippen molar-refractivity contribution < 1.29 is 4.74 Å². The van der Waals surface area contributed by atoms with Gasteiger partial charge < -0.3 is 10.1 Å². The fourth-order valence-electron chi connectivity index (χ4n) is 5.02. The quantitative estimate of drug-likeness (QED) is 0.419. The molecule has 1 unspecified atom stereocenters. The zero-order valence-electron chi connectivity index (χ0n) is 18.7. The first kappa shape index (κ1) is 20.8. The zero-order chi connectivity index (χ0) is 22.0. The van der Waals surface area contributed by atoms with E-state index in [0.29, 0.717) is 0 Å². The van der Waals surface area contributed by atoms with Crippen LogP contribution in [0.4, 0.5) is 5.82 Å². The summed E-state index contributed by atoms with van der Waals surface area (Å²) in [7, 11) is 0. The molecule has 1 N–H and O–H groups in total. The van der Waals surface area contributed by atoms with E-state index in [1.54, 1.807) is 11.3 Å². The van der Waals surface area contributed by atoms with Gasteiger partial charge in [0.15, 0.2) is 0 Å². The number of hydrogen-bond acceptors (Lipinski definition) is 6. The number of nitrogens with zero attached hydrogens (tertiary/aromatic N) is 3. The summed E-state index contributed by atoms with van der Waals surface area (Å²) in [6, 6.07) is 19.7. The fraction of sp³-hybridized carbons (Fsp3) is 0.333. The standard InChI is InChI=1S/C27H28N4OS/c1-2-7-20(8-3-1)22-18-33-27-25(22)26(29-24(30-27)17-31-13-15-32-16-14-31)28-23-12-6-10-19-9-4-5-11-21(19)23/h1-5,7-9,11,18,23H,6,10,12-17H2,(H,28,29,30). The summed E-state index contributed by atoms with van der Waals surface area (Å²) >= 11 is 1.71. The van der Waals surface area contributed by atoms with E-state index in [0.717, 1.165) is 67.5 Å². The lowest BCUT2D eigenvalue weighted by molar-refractivity contribution is 0.0331. The van der Waals surface area contributed by atoms with Gasteiger partial charge in [0.2, 0.25) is 0 Å². The molecule has 2 aliphatic rings. The molecule has 3 heterocycles. The summed E-state index contributed by atoms with van der Waals surface area (Å²) in [6.45, 7) is 4.18. The maximum Gasteiger partial charge on any atom is 0.146 e. The number of benzene rings is 2. The number of ether oxygens (including phenoxy) is 1. The Morgan fingerprint density at radius 3 is 2.70 bits per heavy atom. The third-order valence-corrected chi connectivity index (χ3v) is 7.59. The molecule has 0 radical (unpaired) electrons. The molecule has 6 rings (SSSR count). The predicted octanol–water partition coefficient (Wildman–Crippen LogP) is 5.68. The van der Waals surface area contributed by atoms with Crippen LogP contribution in [-0.2, 0) is 17.7 Å². The Morgan fingerprint density at radius 2 is 1.82 bits per heavy atom. The lowest BCUT2D eigenvalue weighted by atomic mass is 9.87. The first-order chi connectivity index (χ1) is 16.3. The number of nitrogens with one attached hydrogen (secondary N) is 1. The second kappa shape index (κ2) is 9.21. The van der Waals surface area contributed by atoms with Gasteiger partial charge in [0.05, 0.1) is 31.2 Å². The van der Waals surface area contributed by atoms with Crippen molar-refractivity contribution in [2.24, 2.45) is 0 Å². The Morgan fingerprint density at radius 1 is 1.00 bits per heavy atom. The van der Waals surface area contributed by atoms with Crippen LogP contribution in [0, 0.1) is 0 Å². The van der Waals surface area contributed by atoms with E-state index in [9.17, 15) is 0 Å². The number of fused-ring (bicyclic) bond motifs is 2. The Kier molecular flexibility index (Phi) is 5.80. The molecule has 6 heteroatoms. The van der Waals surface area contributed by atoms with Crippen molar-refractivity contribution in [3.63, 3.8) is 0 Å². The van der Waals surface area contributed by atoms with E-state index in [2.05, 4.69) is 70.2 Å². The van der Waals surface area contributed by atoms with E-state index in [1.807, 2.05) is 0 Å². The smallest absolute Gasteiger partial charge is 0.146 e. The fourth-order valence-corrected chi connectivity index (χ4v) is 5.99. The molecule has 168 valence electrons. The molecule has 1 aliphatic carbocycles. The van der Waals surface area contributed by atoms with Crippen molar-refractivity contribution in [1.29, 1.82) is 0 Å². The van der Waals surface area contributed by atoms with Crippen molar-refractivity contribution in [2.75, 3.05) is 31.6 Å². The number of rotatable bonds is 5. The molecule has 0 bridgehead atoms.